The SMILES string of the molecule is CCC(NC(=O)CN1C(=O)CCS(O)(O)c2ccccc21)C(=O)NCN. The summed E-state index contributed by atoms with van der Waals surface area (Å²) in [6.45, 7) is 1.38. The summed E-state index contributed by atoms with van der Waals surface area (Å²) in [6.07, 6.45) is 0.276. The smallest absolute Gasteiger partial charge is 0.243 e. The monoisotopic (exact) mass is 384 g/mol. The summed E-state index contributed by atoms with van der Waals surface area (Å²) in [5.74, 6) is -1.40. The van der Waals surface area contributed by atoms with Gasteiger partial charge in [0.2, 0.25) is 17.7 Å². The van der Waals surface area contributed by atoms with Crippen LogP contribution in [0.15, 0.2) is 29.2 Å². The van der Waals surface area contributed by atoms with Crippen LogP contribution in [0.2, 0.25) is 0 Å². The first-order valence-corrected chi connectivity index (χ1v) is 9.94. The third kappa shape index (κ3) is 4.52. The van der Waals surface area contributed by atoms with Crippen LogP contribution in [0, 0.1) is 0 Å². The summed E-state index contributed by atoms with van der Waals surface area (Å²) in [7, 11) is -3.10. The van der Waals surface area contributed by atoms with Crippen molar-refractivity contribution in [3.8, 4) is 0 Å². The molecule has 3 amide bonds. The quantitative estimate of drug-likeness (QED) is 0.451. The van der Waals surface area contributed by atoms with Gasteiger partial charge in [0.1, 0.15) is 12.6 Å². The Bertz CT molecular complexity index is 697. The number of fused-ring (bicyclic) bond motifs is 1. The first kappa shape index (κ1) is 20.2. The first-order chi connectivity index (χ1) is 12.3. The number of nitrogens with one attached hydrogen (secondary N) is 2. The highest BCUT2D eigenvalue weighted by Gasteiger charge is 2.32. The number of amides is 3. The lowest BCUT2D eigenvalue weighted by Gasteiger charge is -2.32. The van der Waals surface area contributed by atoms with Crippen molar-refractivity contribution in [1.82, 2.24) is 10.6 Å². The average molecular weight is 384 g/mol. The third-order valence-corrected chi connectivity index (χ3v) is 5.87. The second-order valence-electron chi connectivity index (χ2n) is 5.84. The van der Waals surface area contributed by atoms with Crippen LogP contribution in [0.1, 0.15) is 19.8 Å². The lowest BCUT2D eigenvalue weighted by atomic mass is 10.2. The molecule has 0 aliphatic carbocycles. The van der Waals surface area contributed by atoms with Crippen LogP contribution in [0.4, 0.5) is 5.69 Å². The Kier molecular flexibility index (Phi) is 6.59. The second-order valence-corrected chi connectivity index (χ2v) is 8.02. The van der Waals surface area contributed by atoms with Gasteiger partial charge in [-0.05, 0) is 18.6 Å². The predicted molar refractivity (Wildman–Crippen MR) is 98.8 cm³/mol. The third-order valence-electron chi connectivity index (χ3n) is 4.05. The first-order valence-electron chi connectivity index (χ1n) is 8.22. The van der Waals surface area contributed by atoms with Gasteiger partial charge in [-0.2, -0.15) is 10.6 Å². The standard InChI is InChI=1S/C16H24N4O5S/c1-2-11(16(23)18-10-17)19-14(21)9-20-12-5-3-4-6-13(12)26(24,25)8-7-15(20)22/h3-6,11,24-25H,2,7-10,17H2,1H3,(H,18,23)(H,19,21). The highest BCUT2D eigenvalue weighted by atomic mass is 32.3. The van der Waals surface area contributed by atoms with Crippen LogP contribution in [0.3, 0.4) is 0 Å². The van der Waals surface area contributed by atoms with Gasteiger partial charge < -0.3 is 21.3 Å². The molecule has 1 aromatic carbocycles. The maximum absolute atomic E-state index is 12.4. The molecule has 6 N–H and O–H groups in total. The number of para-hydroxylation sites is 1. The van der Waals surface area contributed by atoms with E-state index >= 15 is 0 Å². The Morgan fingerprint density at radius 2 is 2.04 bits per heavy atom. The molecular formula is C16H24N4O5S. The Balaban J connectivity index is 2.20. The minimum absolute atomic E-state index is 0.0406. The molecule has 0 saturated heterocycles. The zero-order valence-electron chi connectivity index (χ0n) is 14.5. The van der Waals surface area contributed by atoms with Crippen LogP contribution < -0.4 is 21.3 Å². The number of carbonyl (C=O) groups excluding carboxylic acids is 3. The zero-order valence-corrected chi connectivity index (χ0v) is 15.3. The van der Waals surface area contributed by atoms with E-state index in [-0.39, 0.29) is 36.2 Å². The van der Waals surface area contributed by atoms with Crippen molar-refractivity contribution in [2.45, 2.75) is 30.7 Å². The number of nitrogens with zero attached hydrogens (tertiary/aromatic N) is 1. The van der Waals surface area contributed by atoms with Crippen LogP contribution in [-0.4, -0.2) is 51.8 Å². The number of nitrogens with two attached hydrogens (primary N) is 1. The van der Waals surface area contributed by atoms with Crippen molar-refractivity contribution < 1.29 is 23.5 Å². The number of hydrogen-bond donors (Lipinski definition) is 5. The van der Waals surface area contributed by atoms with E-state index in [0.717, 1.165) is 0 Å². The summed E-state index contributed by atoms with van der Waals surface area (Å²) in [6, 6.07) is 5.65. The van der Waals surface area contributed by atoms with E-state index in [2.05, 4.69) is 10.6 Å². The molecule has 1 unspecified atom stereocenters. The van der Waals surface area contributed by atoms with E-state index < -0.39 is 28.4 Å². The Labute approximate surface area is 153 Å². The van der Waals surface area contributed by atoms with Gasteiger partial charge in [0.25, 0.3) is 0 Å². The summed E-state index contributed by atoms with van der Waals surface area (Å²) < 4.78 is 20.6. The van der Waals surface area contributed by atoms with Crippen molar-refractivity contribution in [2.24, 2.45) is 5.73 Å². The number of rotatable bonds is 6. The molecule has 0 spiro atoms. The molecule has 1 atom stereocenters. The molecule has 1 aliphatic heterocycles. The molecule has 2 rings (SSSR count). The Morgan fingerprint density at radius 3 is 2.69 bits per heavy atom. The minimum Gasteiger partial charge on any atom is -0.343 e. The van der Waals surface area contributed by atoms with Gasteiger partial charge in [0.15, 0.2) is 0 Å². The maximum atomic E-state index is 12.4. The predicted octanol–water partition coefficient (Wildman–Crippen LogP) is 0.460. The molecule has 144 valence electrons. The van der Waals surface area contributed by atoms with Crippen molar-refractivity contribution in [3.63, 3.8) is 0 Å². The second kappa shape index (κ2) is 8.49. The Hall–Kier alpha value is -2.14. The van der Waals surface area contributed by atoms with Gasteiger partial charge in [0, 0.05) is 6.42 Å². The summed E-state index contributed by atoms with van der Waals surface area (Å²) >= 11 is 0. The number of carbonyl (C=O) groups is 3. The number of hydrogen-bond acceptors (Lipinski definition) is 6. The summed E-state index contributed by atoms with van der Waals surface area (Å²) in [5.41, 5.74) is 5.57. The van der Waals surface area contributed by atoms with E-state index in [0.29, 0.717) is 12.1 Å². The van der Waals surface area contributed by atoms with Gasteiger partial charge in [-0.15, -0.1) is 0 Å². The highest BCUT2D eigenvalue weighted by Crippen LogP contribution is 2.54. The van der Waals surface area contributed by atoms with Gasteiger partial charge in [0.05, 0.1) is 23.0 Å². The van der Waals surface area contributed by atoms with Crippen LogP contribution in [0.5, 0.6) is 0 Å². The lowest BCUT2D eigenvalue weighted by molar-refractivity contribution is -0.129. The molecular weight excluding hydrogens is 360 g/mol. The summed E-state index contributed by atoms with van der Waals surface area (Å²) in [4.78, 5) is 38.1. The molecule has 26 heavy (non-hydrogen) atoms. The van der Waals surface area contributed by atoms with Gasteiger partial charge in [-0.3, -0.25) is 23.5 Å². The lowest BCUT2D eigenvalue weighted by Crippen LogP contribution is -2.50. The molecule has 10 heteroatoms. The van der Waals surface area contributed by atoms with Crippen molar-refractivity contribution >= 4 is 34.0 Å². The topological polar surface area (TPSA) is 145 Å². The molecule has 0 fully saturated rings. The molecule has 1 aromatic rings. The van der Waals surface area contributed by atoms with E-state index in [1.165, 1.54) is 11.0 Å². The Morgan fingerprint density at radius 1 is 1.35 bits per heavy atom. The molecule has 1 heterocycles. The largest absolute Gasteiger partial charge is 0.343 e. The number of anilines is 1. The molecule has 1 aliphatic rings. The molecule has 0 aromatic heterocycles. The molecule has 0 saturated carbocycles. The fourth-order valence-corrected chi connectivity index (χ4v) is 4.19. The van der Waals surface area contributed by atoms with Crippen LogP contribution in [0.25, 0.3) is 0 Å². The van der Waals surface area contributed by atoms with Crippen molar-refractivity contribution in [2.75, 3.05) is 23.9 Å². The van der Waals surface area contributed by atoms with Crippen LogP contribution >= 0.6 is 10.6 Å². The van der Waals surface area contributed by atoms with E-state index in [4.69, 9.17) is 5.73 Å². The van der Waals surface area contributed by atoms with E-state index in [9.17, 15) is 23.5 Å². The number of benzene rings is 1. The normalized spacial score (nSPS) is 18.3. The fourth-order valence-electron chi connectivity index (χ4n) is 2.70. The summed E-state index contributed by atoms with van der Waals surface area (Å²) in [5, 5.41) is 5.00. The maximum Gasteiger partial charge on any atom is 0.243 e. The van der Waals surface area contributed by atoms with Crippen molar-refractivity contribution in [1.29, 1.82) is 0 Å². The highest BCUT2D eigenvalue weighted by molar-refractivity contribution is 8.24. The average Bonchev–Trinajstić information content (AvgIpc) is 2.70. The fraction of sp³-hybridized carbons (Fsp3) is 0.438. The molecule has 0 radical (unpaired) electrons. The van der Waals surface area contributed by atoms with Gasteiger partial charge in [-0.25, -0.2) is 0 Å². The van der Waals surface area contributed by atoms with E-state index in [1.807, 2.05) is 0 Å². The minimum atomic E-state index is -3.10. The molecule has 0 bridgehead atoms. The van der Waals surface area contributed by atoms with E-state index in [1.54, 1.807) is 25.1 Å². The zero-order chi connectivity index (χ0) is 19.3. The van der Waals surface area contributed by atoms with Gasteiger partial charge in [-0.1, -0.05) is 19.1 Å². The van der Waals surface area contributed by atoms with Crippen LogP contribution in [-0.2, 0) is 14.4 Å². The van der Waals surface area contributed by atoms with Gasteiger partial charge >= 0.3 is 0 Å². The molecule has 9 nitrogen and oxygen atoms in total. The van der Waals surface area contributed by atoms with Crippen molar-refractivity contribution in [3.05, 3.63) is 24.3 Å².